The van der Waals surface area contributed by atoms with Gasteiger partial charge < -0.3 is 14.6 Å². The molecule has 0 atom stereocenters. The fraction of sp³-hybridized carbons (Fsp3) is 0.240. The highest BCUT2D eigenvalue weighted by Crippen LogP contribution is 2.38. The van der Waals surface area contributed by atoms with Gasteiger partial charge in [0.25, 0.3) is 0 Å². The Hall–Kier alpha value is -3.27. The highest BCUT2D eigenvalue weighted by Gasteiger charge is 2.25. The summed E-state index contributed by atoms with van der Waals surface area (Å²) in [7, 11) is 1.98. The van der Waals surface area contributed by atoms with Crippen LogP contribution in [0.15, 0.2) is 59.5 Å². The molecule has 1 N–H and O–H groups in total. The number of nitrogens with one attached hydrogen (secondary N) is 1. The molecule has 0 saturated heterocycles. The Bertz CT molecular complexity index is 1390. The Kier molecular flexibility index (Phi) is 6.81. The first kappa shape index (κ1) is 23.5. The zero-order valence-corrected chi connectivity index (χ0v) is 20.6. The summed E-state index contributed by atoms with van der Waals surface area (Å²) in [6.07, 6.45) is 7.39. The van der Waals surface area contributed by atoms with Crippen LogP contribution in [-0.4, -0.2) is 45.8 Å². The van der Waals surface area contributed by atoms with Gasteiger partial charge in [-0.3, -0.25) is 9.69 Å². The lowest BCUT2D eigenvalue weighted by molar-refractivity contribution is -0.126. The standard InChI is InChI=1S/C25H23ClFN5O2S/c1-31(13-17-4-3-11-34-17)9-2-5-22(33)32-10-8-18-21(14-32)35-25-23(18)24(28-15-29-25)30-16-6-7-20(27)19(26)12-16/h2-7,11-12,15H,8-10,13-14H2,1H3,(H,28,29,30)/b5-2+. The van der Waals surface area contributed by atoms with Gasteiger partial charge in [-0.15, -0.1) is 11.3 Å². The molecule has 5 rings (SSSR count). The highest BCUT2D eigenvalue weighted by molar-refractivity contribution is 7.19. The van der Waals surface area contributed by atoms with E-state index in [-0.39, 0.29) is 10.9 Å². The van der Waals surface area contributed by atoms with Gasteiger partial charge in [0.2, 0.25) is 5.91 Å². The fourth-order valence-corrected chi connectivity index (χ4v) is 5.48. The van der Waals surface area contributed by atoms with E-state index in [9.17, 15) is 9.18 Å². The molecule has 0 aliphatic carbocycles. The molecule has 1 aliphatic heterocycles. The van der Waals surface area contributed by atoms with Gasteiger partial charge in [-0.1, -0.05) is 17.7 Å². The summed E-state index contributed by atoms with van der Waals surface area (Å²) in [5.41, 5.74) is 1.79. The number of nitrogens with zero attached hydrogens (tertiary/aromatic N) is 4. The van der Waals surface area contributed by atoms with Gasteiger partial charge in [0.1, 0.15) is 28.6 Å². The van der Waals surface area contributed by atoms with Gasteiger partial charge in [0.15, 0.2) is 0 Å². The Morgan fingerprint density at radius 3 is 3.06 bits per heavy atom. The first-order chi connectivity index (χ1) is 17.0. The van der Waals surface area contributed by atoms with Gasteiger partial charge in [0, 0.05) is 29.7 Å². The molecule has 4 aromatic rings. The van der Waals surface area contributed by atoms with Crippen molar-refractivity contribution in [2.75, 3.05) is 25.5 Å². The van der Waals surface area contributed by atoms with Crippen molar-refractivity contribution in [3.8, 4) is 0 Å². The fourth-order valence-electron chi connectivity index (χ4n) is 4.09. The molecular formula is C25H23ClFN5O2S. The average Bonchev–Trinajstić information content (AvgIpc) is 3.48. The number of fused-ring (bicyclic) bond motifs is 3. The van der Waals surface area contributed by atoms with Gasteiger partial charge >= 0.3 is 0 Å². The smallest absolute Gasteiger partial charge is 0.246 e. The molecule has 10 heteroatoms. The lowest BCUT2D eigenvalue weighted by Gasteiger charge is -2.26. The lowest BCUT2D eigenvalue weighted by atomic mass is 10.0. The molecule has 180 valence electrons. The van der Waals surface area contributed by atoms with Crippen molar-refractivity contribution in [3.05, 3.63) is 82.1 Å². The van der Waals surface area contributed by atoms with Crippen molar-refractivity contribution in [1.82, 2.24) is 19.8 Å². The molecule has 0 bridgehead atoms. The predicted molar refractivity (Wildman–Crippen MR) is 135 cm³/mol. The Labute approximate surface area is 210 Å². The number of aromatic nitrogens is 2. The van der Waals surface area contributed by atoms with Crippen molar-refractivity contribution in [1.29, 1.82) is 0 Å². The zero-order valence-electron chi connectivity index (χ0n) is 19.0. The summed E-state index contributed by atoms with van der Waals surface area (Å²) in [5.74, 6) is 1.06. The Balaban J connectivity index is 1.27. The Morgan fingerprint density at radius 1 is 1.37 bits per heavy atom. The van der Waals surface area contributed by atoms with E-state index in [2.05, 4.69) is 20.2 Å². The van der Waals surface area contributed by atoms with Crippen LogP contribution in [0.4, 0.5) is 15.9 Å². The molecular weight excluding hydrogens is 489 g/mol. The van der Waals surface area contributed by atoms with Gasteiger partial charge in [0.05, 0.1) is 29.8 Å². The van der Waals surface area contributed by atoms with Crippen molar-refractivity contribution in [2.45, 2.75) is 19.5 Å². The number of thiophene rings is 1. The van der Waals surface area contributed by atoms with E-state index in [4.69, 9.17) is 16.0 Å². The molecule has 3 aromatic heterocycles. The number of carbonyl (C=O) groups excluding carboxylic acids is 1. The summed E-state index contributed by atoms with van der Waals surface area (Å²) in [5, 5.41) is 4.22. The van der Waals surface area contributed by atoms with Crippen LogP contribution < -0.4 is 5.32 Å². The van der Waals surface area contributed by atoms with Crippen LogP contribution in [0.25, 0.3) is 10.2 Å². The molecule has 7 nitrogen and oxygen atoms in total. The monoisotopic (exact) mass is 511 g/mol. The maximum absolute atomic E-state index is 13.5. The number of hydrogen-bond donors (Lipinski definition) is 1. The summed E-state index contributed by atoms with van der Waals surface area (Å²) in [4.78, 5) is 27.5. The maximum atomic E-state index is 13.5. The van der Waals surface area contributed by atoms with Gasteiger partial charge in [-0.25, -0.2) is 14.4 Å². The third-order valence-corrected chi connectivity index (χ3v) is 7.23. The van der Waals surface area contributed by atoms with E-state index in [1.807, 2.05) is 30.2 Å². The summed E-state index contributed by atoms with van der Waals surface area (Å²) in [6.45, 7) is 2.47. The minimum Gasteiger partial charge on any atom is -0.468 e. The summed E-state index contributed by atoms with van der Waals surface area (Å²) in [6, 6.07) is 8.26. The van der Waals surface area contributed by atoms with Crippen LogP contribution in [0.3, 0.4) is 0 Å². The normalized spacial score (nSPS) is 13.7. The molecule has 35 heavy (non-hydrogen) atoms. The molecule has 0 spiro atoms. The minimum absolute atomic E-state index is 0.00936. The Morgan fingerprint density at radius 2 is 2.26 bits per heavy atom. The SMILES string of the molecule is CN(C/C=C/C(=O)N1CCc2c(sc3ncnc(Nc4ccc(F)c(Cl)c4)c23)C1)Cc1ccco1. The number of rotatable bonds is 7. The number of carbonyl (C=O) groups is 1. The summed E-state index contributed by atoms with van der Waals surface area (Å²) < 4.78 is 18.9. The van der Waals surface area contributed by atoms with E-state index in [0.29, 0.717) is 44.1 Å². The van der Waals surface area contributed by atoms with Gasteiger partial charge in [-0.05, 0) is 49.4 Å². The van der Waals surface area contributed by atoms with Gasteiger partial charge in [-0.2, -0.15) is 0 Å². The van der Waals surface area contributed by atoms with Crippen LogP contribution in [0.5, 0.6) is 0 Å². The van der Waals surface area contributed by atoms with Crippen LogP contribution >= 0.6 is 22.9 Å². The van der Waals surface area contributed by atoms with E-state index >= 15 is 0 Å². The molecule has 0 radical (unpaired) electrons. The van der Waals surface area contributed by atoms with Crippen molar-refractivity contribution >= 4 is 50.6 Å². The lowest BCUT2D eigenvalue weighted by Crippen LogP contribution is -2.34. The number of halogens is 2. The first-order valence-electron chi connectivity index (χ1n) is 11.1. The van der Waals surface area contributed by atoms with E-state index in [1.165, 1.54) is 18.5 Å². The third kappa shape index (κ3) is 5.22. The molecule has 0 fully saturated rings. The second kappa shape index (κ2) is 10.2. The number of likely N-dealkylation sites (N-methyl/N-ethyl adjacent to an activating group) is 1. The second-order valence-electron chi connectivity index (χ2n) is 8.35. The van der Waals surface area contributed by atoms with Crippen molar-refractivity contribution < 1.29 is 13.6 Å². The highest BCUT2D eigenvalue weighted by atomic mass is 35.5. The van der Waals surface area contributed by atoms with Crippen LogP contribution in [-0.2, 0) is 24.3 Å². The number of hydrogen-bond acceptors (Lipinski definition) is 7. The van der Waals surface area contributed by atoms with Crippen LogP contribution in [0, 0.1) is 5.82 Å². The molecule has 1 aromatic carbocycles. The molecule has 1 aliphatic rings. The maximum Gasteiger partial charge on any atom is 0.246 e. The number of amides is 1. The van der Waals surface area contributed by atoms with E-state index in [1.54, 1.807) is 29.7 Å². The van der Waals surface area contributed by atoms with E-state index in [0.717, 1.165) is 26.4 Å². The largest absolute Gasteiger partial charge is 0.468 e. The summed E-state index contributed by atoms with van der Waals surface area (Å²) >= 11 is 7.50. The van der Waals surface area contributed by atoms with Crippen molar-refractivity contribution in [3.63, 3.8) is 0 Å². The predicted octanol–water partition coefficient (Wildman–Crippen LogP) is 5.39. The molecule has 1 amide bonds. The first-order valence-corrected chi connectivity index (χ1v) is 12.3. The third-order valence-electron chi connectivity index (χ3n) is 5.81. The number of anilines is 2. The molecule has 0 saturated carbocycles. The second-order valence-corrected chi connectivity index (χ2v) is 9.84. The van der Waals surface area contributed by atoms with Crippen LogP contribution in [0.2, 0.25) is 5.02 Å². The molecule has 4 heterocycles. The topological polar surface area (TPSA) is 74.5 Å². The average molecular weight is 512 g/mol. The number of furan rings is 1. The molecule has 0 unspecified atom stereocenters. The van der Waals surface area contributed by atoms with Crippen LogP contribution in [0.1, 0.15) is 16.2 Å². The number of benzene rings is 1. The quantitative estimate of drug-likeness (QED) is 0.335. The van der Waals surface area contributed by atoms with Crippen molar-refractivity contribution in [2.24, 2.45) is 0 Å². The van der Waals surface area contributed by atoms with E-state index < -0.39 is 5.82 Å². The minimum atomic E-state index is -0.471. The zero-order chi connectivity index (χ0) is 24.4.